The molecule has 1 aliphatic rings. The van der Waals surface area contributed by atoms with Crippen molar-refractivity contribution in [2.75, 3.05) is 29.2 Å². The minimum Gasteiger partial charge on any atom is -0.377 e. The monoisotopic (exact) mass is 509 g/mol. The van der Waals surface area contributed by atoms with Crippen LogP contribution in [0.5, 0.6) is 0 Å². The Hall–Kier alpha value is -2.80. The smallest absolute Gasteiger partial charge is 0.319 e. The highest BCUT2D eigenvalue weighted by molar-refractivity contribution is 9.10. The Kier molecular flexibility index (Phi) is 6.79. The number of hydrogen-bond acceptors (Lipinski definition) is 4. The Morgan fingerprint density at radius 1 is 1.06 bits per heavy atom. The second-order valence-corrected chi connectivity index (χ2v) is 9.98. The van der Waals surface area contributed by atoms with Crippen molar-refractivity contribution in [2.45, 2.75) is 51.6 Å². The van der Waals surface area contributed by atoms with Gasteiger partial charge in [0.05, 0.1) is 5.52 Å². The van der Waals surface area contributed by atoms with Crippen molar-refractivity contribution in [2.24, 2.45) is 5.73 Å². The first-order chi connectivity index (χ1) is 15.7. The number of rotatable bonds is 5. The first-order valence-electron chi connectivity index (χ1n) is 11.4. The number of amides is 2. The van der Waals surface area contributed by atoms with Gasteiger partial charge in [0, 0.05) is 53.5 Å². The molecule has 0 aliphatic heterocycles. The van der Waals surface area contributed by atoms with E-state index in [0.29, 0.717) is 6.04 Å². The number of halogens is 1. The van der Waals surface area contributed by atoms with Crippen LogP contribution in [0.25, 0.3) is 10.9 Å². The van der Waals surface area contributed by atoms with E-state index in [2.05, 4.69) is 58.4 Å². The number of anilines is 3. The summed E-state index contributed by atoms with van der Waals surface area (Å²) in [6, 6.07) is 14.4. The zero-order valence-corrected chi connectivity index (χ0v) is 21.3. The molecule has 7 heteroatoms. The third-order valence-electron chi connectivity index (χ3n) is 6.53. The maximum atomic E-state index is 12.4. The summed E-state index contributed by atoms with van der Waals surface area (Å²) in [7, 11) is 4.11. The highest BCUT2D eigenvalue weighted by atomic mass is 79.9. The third kappa shape index (κ3) is 4.93. The van der Waals surface area contributed by atoms with Crippen LogP contribution < -0.4 is 20.9 Å². The van der Waals surface area contributed by atoms with E-state index < -0.39 is 0 Å². The van der Waals surface area contributed by atoms with E-state index in [9.17, 15) is 4.79 Å². The molecule has 1 saturated carbocycles. The van der Waals surface area contributed by atoms with Gasteiger partial charge in [0.25, 0.3) is 0 Å². The Bertz CT molecular complexity index is 1150. The van der Waals surface area contributed by atoms with E-state index in [-0.39, 0.29) is 12.1 Å². The molecule has 0 unspecified atom stereocenters. The molecule has 0 atom stereocenters. The van der Waals surface area contributed by atoms with Crippen LogP contribution >= 0.6 is 15.9 Å². The summed E-state index contributed by atoms with van der Waals surface area (Å²) in [4.78, 5) is 21.2. The molecule has 1 aliphatic carbocycles. The standard InChI is InChI=1S/C26H32BrN5O/c1-16-13-20(14-17(2)25(16)27)32(26(28)33)19-11-9-18(10-12-19)29-24-15-23(31(3)4)21-7-5-6-8-22(21)30-24/h5-8,13-15,18-19H,9-12H2,1-4H3,(H2,28,33)(H,29,30). The van der Waals surface area contributed by atoms with E-state index in [1.807, 2.05) is 38.1 Å². The fourth-order valence-electron chi connectivity index (χ4n) is 4.87. The summed E-state index contributed by atoms with van der Waals surface area (Å²) in [6.07, 6.45) is 3.69. The van der Waals surface area contributed by atoms with Gasteiger partial charge in [-0.3, -0.25) is 4.90 Å². The molecule has 4 rings (SSSR count). The summed E-state index contributed by atoms with van der Waals surface area (Å²) in [5.74, 6) is 0.895. The lowest BCUT2D eigenvalue weighted by atomic mass is 9.89. The average molecular weight is 510 g/mol. The van der Waals surface area contributed by atoms with Crippen molar-refractivity contribution in [1.29, 1.82) is 0 Å². The quantitative estimate of drug-likeness (QED) is 0.442. The number of fused-ring (bicyclic) bond motifs is 1. The molecule has 0 bridgehead atoms. The van der Waals surface area contributed by atoms with Crippen molar-refractivity contribution in [3.63, 3.8) is 0 Å². The largest absolute Gasteiger partial charge is 0.377 e. The van der Waals surface area contributed by atoms with Gasteiger partial charge in [-0.2, -0.15) is 0 Å². The number of carbonyl (C=O) groups is 1. The van der Waals surface area contributed by atoms with E-state index in [0.717, 1.165) is 69.4 Å². The average Bonchev–Trinajstić information content (AvgIpc) is 2.78. The van der Waals surface area contributed by atoms with Crippen molar-refractivity contribution in [1.82, 2.24) is 4.98 Å². The van der Waals surface area contributed by atoms with E-state index in [1.165, 1.54) is 0 Å². The molecule has 1 fully saturated rings. The second kappa shape index (κ2) is 9.59. The lowest BCUT2D eigenvalue weighted by Gasteiger charge is -2.36. The number of hydrogen-bond donors (Lipinski definition) is 2. The molecule has 174 valence electrons. The Morgan fingerprint density at radius 2 is 1.70 bits per heavy atom. The van der Waals surface area contributed by atoms with Gasteiger partial charge in [0.1, 0.15) is 5.82 Å². The van der Waals surface area contributed by atoms with Gasteiger partial charge in [-0.05, 0) is 68.9 Å². The normalized spacial score (nSPS) is 18.2. The predicted molar refractivity (Wildman–Crippen MR) is 141 cm³/mol. The van der Waals surface area contributed by atoms with Crippen LogP contribution in [0.3, 0.4) is 0 Å². The maximum Gasteiger partial charge on any atom is 0.319 e. The molecule has 3 aromatic rings. The van der Waals surface area contributed by atoms with Crippen molar-refractivity contribution < 1.29 is 4.79 Å². The van der Waals surface area contributed by atoms with E-state index in [1.54, 1.807) is 4.90 Å². The molecular weight excluding hydrogens is 478 g/mol. The summed E-state index contributed by atoms with van der Waals surface area (Å²) in [6.45, 7) is 4.08. The number of benzene rings is 2. The molecule has 33 heavy (non-hydrogen) atoms. The first-order valence-corrected chi connectivity index (χ1v) is 12.2. The molecule has 1 aromatic heterocycles. The van der Waals surface area contributed by atoms with E-state index in [4.69, 9.17) is 10.7 Å². The third-order valence-corrected chi connectivity index (χ3v) is 7.78. The summed E-state index contributed by atoms with van der Waals surface area (Å²) >= 11 is 3.61. The first kappa shape index (κ1) is 23.4. The molecule has 2 amide bonds. The number of urea groups is 1. The molecule has 1 heterocycles. The number of nitrogens with zero attached hydrogens (tertiary/aromatic N) is 3. The van der Waals surface area contributed by atoms with Crippen LogP contribution in [0.2, 0.25) is 0 Å². The molecule has 0 spiro atoms. The van der Waals surface area contributed by atoms with Crippen molar-refractivity contribution in [3.05, 3.63) is 58.1 Å². The molecule has 3 N–H and O–H groups in total. The minimum atomic E-state index is -0.389. The van der Waals surface area contributed by atoms with Crippen LogP contribution in [0, 0.1) is 13.8 Å². The van der Waals surface area contributed by atoms with Gasteiger partial charge in [-0.15, -0.1) is 0 Å². The Labute approximate surface area is 204 Å². The molecule has 0 saturated heterocycles. The van der Waals surface area contributed by atoms with Crippen molar-refractivity contribution in [3.8, 4) is 0 Å². The number of aromatic nitrogens is 1. The Balaban J connectivity index is 1.49. The highest BCUT2D eigenvalue weighted by Gasteiger charge is 2.29. The van der Waals surface area contributed by atoms with Gasteiger partial charge in [-0.1, -0.05) is 34.1 Å². The number of nitrogens with one attached hydrogen (secondary N) is 1. The highest BCUT2D eigenvalue weighted by Crippen LogP contribution is 2.33. The Morgan fingerprint density at radius 3 is 2.30 bits per heavy atom. The van der Waals surface area contributed by atoms with Crippen LogP contribution in [0.15, 0.2) is 46.9 Å². The van der Waals surface area contributed by atoms with Gasteiger partial charge in [0.15, 0.2) is 0 Å². The zero-order chi connectivity index (χ0) is 23.7. The van der Waals surface area contributed by atoms with Gasteiger partial charge in [0.2, 0.25) is 0 Å². The number of aryl methyl sites for hydroxylation is 2. The minimum absolute atomic E-state index is 0.0995. The summed E-state index contributed by atoms with van der Waals surface area (Å²) in [5, 5.41) is 4.79. The topological polar surface area (TPSA) is 74.5 Å². The van der Waals surface area contributed by atoms with Crippen LogP contribution in [-0.4, -0.2) is 37.2 Å². The maximum absolute atomic E-state index is 12.4. The van der Waals surface area contributed by atoms with Gasteiger partial charge in [-0.25, -0.2) is 9.78 Å². The van der Waals surface area contributed by atoms with Gasteiger partial charge < -0.3 is 16.0 Å². The predicted octanol–water partition coefficient (Wildman–Crippen LogP) is 5.99. The number of primary amides is 1. The van der Waals surface area contributed by atoms with Crippen LogP contribution in [0.4, 0.5) is 22.0 Å². The fraction of sp³-hybridized carbons (Fsp3) is 0.385. The second-order valence-electron chi connectivity index (χ2n) is 9.19. The van der Waals surface area contributed by atoms with Gasteiger partial charge >= 0.3 is 6.03 Å². The van der Waals surface area contributed by atoms with Crippen molar-refractivity contribution >= 4 is 50.1 Å². The number of nitrogens with two attached hydrogens (primary N) is 1. The van der Waals surface area contributed by atoms with Crippen LogP contribution in [-0.2, 0) is 0 Å². The number of pyridine rings is 1. The number of para-hydroxylation sites is 1. The SMILES string of the molecule is Cc1cc(N(C(N)=O)C2CCC(Nc3cc(N(C)C)c4ccccc4n3)CC2)cc(C)c1Br. The fourth-order valence-corrected chi connectivity index (χ4v) is 5.10. The lowest BCUT2D eigenvalue weighted by Crippen LogP contribution is -2.47. The summed E-state index contributed by atoms with van der Waals surface area (Å²) in [5.41, 5.74) is 11.1. The molecule has 6 nitrogen and oxygen atoms in total. The summed E-state index contributed by atoms with van der Waals surface area (Å²) < 4.78 is 1.07. The molecule has 0 radical (unpaired) electrons. The zero-order valence-electron chi connectivity index (χ0n) is 19.7. The lowest BCUT2D eigenvalue weighted by molar-refractivity contribution is 0.248. The number of carbonyl (C=O) groups excluding carboxylic acids is 1. The van der Waals surface area contributed by atoms with E-state index >= 15 is 0 Å². The molecular formula is C26H32BrN5O. The molecule has 2 aromatic carbocycles. The van der Waals surface area contributed by atoms with Crippen LogP contribution in [0.1, 0.15) is 36.8 Å².